The molecule has 0 aromatic carbocycles. The molecule has 0 atom stereocenters. The van der Waals surface area contributed by atoms with Crippen molar-refractivity contribution < 1.29 is 17.2 Å². The van der Waals surface area contributed by atoms with Crippen molar-refractivity contribution in [1.29, 1.82) is 0 Å². The van der Waals surface area contributed by atoms with Gasteiger partial charge in [0.05, 0.1) is 0 Å². The normalized spacial score (nSPS) is 10.8. The second-order valence-electron chi connectivity index (χ2n) is 1.67. The van der Waals surface area contributed by atoms with Crippen LogP contribution in [0.2, 0.25) is 0 Å². The molecule has 11 heteroatoms. The molecular weight excluding hydrogens is 363 g/mol. The first-order valence-corrected chi connectivity index (χ1v) is 4.72. The van der Waals surface area contributed by atoms with Crippen molar-refractivity contribution in [1.82, 2.24) is 6.15 Å². The van der Waals surface area contributed by atoms with E-state index in [0.717, 1.165) is 0 Å². The molecule has 0 aliphatic carbocycles. The molecule has 4 nitrogen and oxygen atoms in total. The quantitative estimate of drug-likeness (QED) is 0.309. The van der Waals surface area contributed by atoms with Gasteiger partial charge in [0.1, 0.15) is 0 Å². The minimum absolute atomic E-state index is 0. The molecule has 0 amide bonds. The summed E-state index contributed by atoms with van der Waals surface area (Å²) in [6, 6.07) is 0. The van der Waals surface area contributed by atoms with Crippen LogP contribution in [-0.4, -0.2) is 57.3 Å². The molecule has 3 N–H and O–H groups in total. The number of carbonyl (C=O) groups excluding carboxylic acids is 2. The van der Waals surface area contributed by atoms with Gasteiger partial charge in [0.15, 0.2) is 0 Å². The van der Waals surface area contributed by atoms with Crippen LogP contribution < -0.4 is 6.15 Å². The zero-order chi connectivity index (χ0) is 10.9. The predicted octanol–water partition coefficient (Wildman–Crippen LogP) is 2.80. The van der Waals surface area contributed by atoms with E-state index in [-0.39, 0.29) is 46.7 Å². The monoisotopic (exact) mass is 365 g/mol. The third-order valence-corrected chi connectivity index (χ3v) is 1.57. The van der Waals surface area contributed by atoms with E-state index in [4.69, 9.17) is 69.6 Å². The van der Waals surface area contributed by atoms with E-state index in [1.54, 1.807) is 0 Å². The first-order chi connectivity index (χ1) is 5.55. The van der Waals surface area contributed by atoms with Gasteiger partial charge in [0, 0.05) is 0 Å². The van der Waals surface area contributed by atoms with Crippen LogP contribution in [0.25, 0.3) is 0 Å². The second kappa shape index (κ2) is 8.25. The fourth-order valence-electron chi connectivity index (χ4n) is 0.200. The molecule has 0 saturated carbocycles. The van der Waals surface area contributed by atoms with E-state index < -0.39 is 19.5 Å². The van der Waals surface area contributed by atoms with Crippen molar-refractivity contribution >= 4 is 119 Å². The molecule has 0 bridgehead atoms. The zero-order valence-corrected chi connectivity index (χ0v) is 13.7. The number of esters is 2. The zero-order valence-electron chi connectivity index (χ0n) is 8.91. The van der Waals surface area contributed by atoms with Crippen molar-refractivity contribution in [3.8, 4) is 0 Å². The van der Waals surface area contributed by atoms with Crippen LogP contribution in [0.15, 0.2) is 0 Å². The van der Waals surface area contributed by atoms with E-state index in [9.17, 15) is 9.59 Å². The summed E-state index contributed by atoms with van der Waals surface area (Å²) in [5.74, 6) is -2.87. The number of halogens is 6. The van der Waals surface area contributed by atoms with Crippen LogP contribution in [0.3, 0.4) is 0 Å². The summed E-state index contributed by atoms with van der Waals surface area (Å²) in [4.78, 5) is 21.4. The van der Waals surface area contributed by atoms with E-state index in [1.807, 2.05) is 0 Å². The molecule has 0 saturated heterocycles. The fourth-order valence-corrected chi connectivity index (χ4v) is 0.431. The molecule has 0 fully saturated rings. The molecule has 15 heavy (non-hydrogen) atoms. The Balaban J connectivity index is -0.000000120. The average molecular weight is 368 g/mol. The minimum Gasteiger partial charge on any atom is -1.00 e. The number of carbonyl (C=O) groups is 2. The van der Waals surface area contributed by atoms with Crippen molar-refractivity contribution in [3.05, 3.63) is 0 Å². The minimum atomic E-state index is -2.38. The van der Waals surface area contributed by atoms with Gasteiger partial charge in [-0.25, -0.2) is 9.59 Å². The first-order valence-electron chi connectivity index (χ1n) is 2.45. The van der Waals surface area contributed by atoms with Crippen molar-refractivity contribution in [2.45, 2.75) is 7.59 Å². The summed E-state index contributed by atoms with van der Waals surface area (Å²) in [5, 5.41) is 0. The number of rotatable bonds is 0. The van der Waals surface area contributed by atoms with Crippen LogP contribution in [0, 0.1) is 0 Å². The Hall–Kier alpha value is 2.10. The maximum Gasteiger partial charge on any atom is 2.00 e. The Morgan fingerprint density at radius 2 is 1.07 bits per heavy atom. The third-order valence-electron chi connectivity index (χ3n) is 0.648. The van der Waals surface area contributed by atoms with Crippen LogP contribution >= 0.6 is 69.6 Å². The Morgan fingerprint density at radius 1 is 0.867 bits per heavy atom. The maximum absolute atomic E-state index is 10.7. The molecule has 88 valence electrons. The Kier molecular flexibility index (Phi) is 12.3. The number of alkyl halides is 6. The molecule has 0 aliphatic heterocycles. The summed E-state index contributed by atoms with van der Waals surface area (Å²) >= 11 is 30.3. The summed E-state index contributed by atoms with van der Waals surface area (Å²) < 4.78 is -0.857. The van der Waals surface area contributed by atoms with Gasteiger partial charge in [-0.05, 0) is 0 Å². The van der Waals surface area contributed by atoms with Crippen LogP contribution in [0.5, 0.6) is 0 Å². The molecule has 0 aromatic rings. The predicted molar refractivity (Wildman–Crippen MR) is 64.7 cm³/mol. The van der Waals surface area contributed by atoms with Gasteiger partial charge in [-0.2, -0.15) is 0 Å². The number of hydrogen-bond donors (Lipinski definition) is 1. The third kappa shape index (κ3) is 9.77. The second-order valence-corrected chi connectivity index (χ2v) is 6.23. The van der Waals surface area contributed by atoms with E-state index in [2.05, 4.69) is 4.74 Å². The smallest absolute Gasteiger partial charge is 1.00 e. The summed E-state index contributed by atoms with van der Waals surface area (Å²) in [7, 11) is 0. The maximum atomic E-state index is 10.7. The van der Waals surface area contributed by atoms with Crippen LogP contribution in [-0.2, 0) is 14.3 Å². The van der Waals surface area contributed by atoms with Crippen molar-refractivity contribution in [2.24, 2.45) is 0 Å². The summed E-state index contributed by atoms with van der Waals surface area (Å²) in [5.41, 5.74) is 0. The molecule has 0 aliphatic rings. The number of hydrogen-bond acceptors (Lipinski definition) is 4. The van der Waals surface area contributed by atoms with E-state index >= 15 is 0 Å². The summed E-state index contributed by atoms with van der Waals surface area (Å²) in [6.07, 6.45) is 0. The van der Waals surface area contributed by atoms with Gasteiger partial charge < -0.3 is 13.7 Å². The standard InChI is InChI=1S/C4Cl6O3.Ca.H3N.2H/c5-3(6,7)1(11)13-2(12)4(8,9)10;;;;/h;;1H3;;/q;+2;;2*-1. The Labute approximate surface area is 148 Å². The van der Waals surface area contributed by atoms with Crippen molar-refractivity contribution in [3.63, 3.8) is 0 Å². The molecule has 0 spiro atoms. The summed E-state index contributed by atoms with van der Waals surface area (Å²) in [6.45, 7) is 0. The SMILES string of the molecule is N.O=C(OC(=O)C(Cl)(Cl)Cl)C(Cl)(Cl)Cl.[Ca+2].[H-].[H-]. The fraction of sp³-hybridized carbons (Fsp3) is 0.500. The van der Waals surface area contributed by atoms with Gasteiger partial charge in [0.2, 0.25) is 0 Å². The van der Waals surface area contributed by atoms with Crippen LogP contribution in [0.1, 0.15) is 2.85 Å². The molecule has 0 rings (SSSR count). The van der Waals surface area contributed by atoms with Gasteiger partial charge in [0.25, 0.3) is 7.59 Å². The topological polar surface area (TPSA) is 78.4 Å². The van der Waals surface area contributed by atoms with E-state index in [0.29, 0.717) is 0 Å². The van der Waals surface area contributed by atoms with E-state index in [1.165, 1.54) is 0 Å². The molecule has 0 unspecified atom stereocenters. The van der Waals surface area contributed by atoms with Gasteiger partial charge in [-0.15, -0.1) is 0 Å². The van der Waals surface area contributed by atoms with Gasteiger partial charge in [-0.3, -0.25) is 0 Å². The number of ether oxygens (including phenoxy) is 1. The molecule has 0 radical (unpaired) electrons. The Bertz CT molecular complexity index is 220. The van der Waals surface area contributed by atoms with Gasteiger partial charge in [-0.1, -0.05) is 69.6 Å². The molecule has 0 aromatic heterocycles. The van der Waals surface area contributed by atoms with Crippen LogP contribution in [0.4, 0.5) is 0 Å². The van der Waals surface area contributed by atoms with Gasteiger partial charge >= 0.3 is 49.7 Å². The largest absolute Gasteiger partial charge is 2.00 e. The average Bonchev–Trinajstić information content (AvgIpc) is 1.82. The first kappa shape index (κ1) is 22.3. The Morgan fingerprint density at radius 3 is 1.20 bits per heavy atom. The molecular formula is C4H5CaCl6NO3. The van der Waals surface area contributed by atoms with Crippen molar-refractivity contribution in [2.75, 3.05) is 0 Å². The molecule has 0 heterocycles.